The summed E-state index contributed by atoms with van der Waals surface area (Å²) in [5.74, 6) is -3.16. The Morgan fingerprint density at radius 1 is 0.903 bits per heavy atom. The number of nitrogens with one attached hydrogen (secondary N) is 3. The molecule has 0 aliphatic carbocycles. The first-order chi connectivity index (χ1) is 14.4. The molecule has 180 valence electrons. The van der Waals surface area contributed by atoms with Crippen LogP contribution in [0.1, 0.15) is 47.5 Å². The Labute approximate surface area is 188 Å². The number of carboxylic acid groups (broad SMARTS) is 1. The largest absolute Gasteiger partial charge is 0.480 e. The third-order valence-corrected chi connectivity index (χ3v) is 5.70. The zero-order valence-electron chi connectivity index (χ0n) is 19.2. The predicted octanol–water partition coefficient (Wildman–Crippen LogP) is -0.311. The van der Waals surface area contributed by atoms with Crippen molar-refractivity contribution in [1.29, 1.82) is 0 Å². The van der Waals surface area contributed by atoms with Crippen molar-refractivity contribution in [2.75, 3.05) is 12.0 Å². The Bertz CT molecular complexity index is 616. The van der Waals surface area contributed by atoms with Gasteiger partial charge in [-0.3, -0.25) is 14.4 Å². The molecular formula is C20H38N4O6S. The third kappa shape index (κ3) is 9.88. The number of rotatable bonds is 14. The number of nitrogens with two attached hydrogens (primary N) is 1. The minimum absolute atomic E-state index is 0.320. The summed E-state index contributed by atoms with van der Waals surface area (Å²) in [6.45, 7) is 8.23. The van der Waals surface area contributed by atoms with Gasteiger partial charge in [-0.1, -0.05) is 34.1 Å². The third-order valence-electron chi connectivity index (χ3n) is 5.06. The average molecular weight is 463 g/mol. The molecule has 0 aromatic heterocycles. The number of carboxylic acids is 1. The lowest BCUT2D eigenvalue weighted by Crippen LogP contribution is -2.61. The number of hydrogen-bond donors (Lipinski definition) is 6. The van der Waals surface area contributed by atoms with Crippen LogP contribution in [0.15, 0.2) is 0 Å². The van der Waals surface area contributed by atoms with Crippen molar-refractivity contribution >= 4 is 35.5 Å². The fraction of sp³-hybridized carbons (Fsp3) is 0.800. The quantitative estimate of drug-likeness (QED) is 0.204. The second-order valence-electron chi connectivity index (χ2n) is 8.06. The van der Waals surface area contributed by atoms with Crippen molar-refractivity contribution in [1.82, 2.24) is 16.0 Å². The average Bonchev–Trinajstić information content (AvgIpc) is 2.70. The molecule has 0 spiro atoms. The Balaban J connectivity index is 5.43. The Morgan fingerprint density at radius 2 is 1.39 bits per heavy atom. The Hall–Kier alpha value is -1.85. The van der Waals surface area contributed by atoms with Gasteiger partial charge in [-0.25, -0.2) is 4.79 Å². The lowest BCUT2D eigenvalue weighted by molar-refractivity contribution is -0.144. The summed E-state index contributed by atoms with van der Waals surface area (Å²) in [6.07, 6.45) is 1.58. The maximum absolute atomic E-state index is 12.8. The van der Waals surface area contributed by atoms with Crippen LogP contribution in [0.3, 0.4) is 0 Å². The van der Waals surface area contributed by atoms with Gasteiger partial charge in [0, 0.05) is 0 Å². The highest BCUT2D eigenvalue weighted by atomic mass is 32.2. The fourth-order valence-electron chi connectivity index (χ4n) is 2.74. The summed E-state index contributed by atoms with van der Waals surface area (Å²) in [7, 11) is 0. The van der Waals surface area contributed by atoms with E-state index >= 15 is 0 Å². The molecule has 0 bridgehead atoms. The van der Waals surface area contributed by atoms with E-state index in [1.54, 1.807) is 20.8 Å². The van der Waals surface area contributed by atoms with E-state index < -0.39 is 54.0 Å². The number of carbonyl (C=O) groups is 4. The first-order valence-electron chi connectivity index (χ1n) is 10.4. The molecule has 0 heterocycles. The molecule has 0 aromatic rings. The molecule has 0 saturated carbocycles. The van der Waals surface area contributed by atoms with Gasteiger partial charge in [-0.15, -0.1) is 0 Å². The topological polar surface area (TPSA) is 171 Å². The van der Waals surface area contributed by atoms with Crippen LogP contribution in [0.4, 0.5) is 0 Å². The molecule has 10 nitrogen and oxygen atoms in total. The van der Waals surface area contributed by atoms with Crippen LogP contribution in [0.5, 0.6) is 0 Å². The van der Waals surface area contributed by atoms with Crippen LogP contribution in [0.25, 0.3) is 0 Å². The second-order valence-corrected chi connectivity index (χ2v) is 9.04. The minimum atomic E-state index is -1.31. The molecular weight excluding hydrogens is 424 g/mol. The monoisotopic (exact) mass is 462 g/mol. The summed E-state index contributed by atoms with van der Waals surface area (Å²) in [6, 6.07) is -4.30. The maximum atomic E-state index is 12.8. The van der Waals surface area contributed by atoms with Crippen molar-refractivity contribution in [3.05, 3.63) is 0 Å². The molecule has 0 rings (SSSR count). The van der Waals surface area contributed by atoms with E-state index in [1.165, 1.54) is 18.7 Å². The van der Waals surface area contributed by atoms with E-state index in [4.69, 9.17) is 5.73 Å². The number of aliphatic hydroxyl groups excluding tert-OH is 1. The molecule has 6 atom stereocenters. The summed E-state index contributed by atoms with van der Waals surface area (Å²) in [4.78, 5) is 49.3. The molecule has 0 radical (unpaired) electrons. The number of carbonyl (C=O) groups excluding carboxylic acids is 3. The summed E-state index contributed by atoms with van der Waals surface area (Å²) >= 11 is 1.53. The second kappa shape index (κ2) is 14.3. The van der Waals surface area contributed by atoms with Crippen molar-refractivity contribution in [2.24, 2.45) is 17.6 Å². The van der Waals surface area contributed by atoms with Gasteiger partial charge in [0.2, 0.25) is 17.7 Å². The highest BCUT2D eigenvalue weighted by Gasteiger charge is 2.34. The Kier molecular flexibility index (Phi) is 13.4. The van der Waals surface area contributed by atoms with Crippen molar-refractivity contribution in [3.8, 4) is 0 Å². The minimum Gasteiger partial charge on any atom is -0.480 e. The van der Waals surface area contributed by atoms with E-state index in [0.717, 1.165) is 0 Å². The van der Waals surface area contributed by atoms with E-state index in [0.29, 0.717) is 18.6 Å². The standard InChI is InChI=1S/C20H38N4O6S/c1-7-11(4)15(18(27)22-14(10(2)3)20(29)30)23-19(28)16(12(5)25)24-17(26)13(21)8-9-31-6/h10-16,25H,7-9,21H2,1-6H3,(H,22,27)(H,23,28)(H,24,26)(H,29,30). The Morgan fingerprint density at radius 3 is 1.81 bits per heavy atom. The summed E-state index contributed by atoms with van der Waals surface area (Å²) in [5.41, 5.74) is 5.82. The van der Waals surface area contributed by atoms with E-state index in [-0.39, 0.29) is 11.8 Å². The van der Waals surface area contributed by atoms with Crippen LogP contribution in [0, 0.1) is 11.8 Å². The fourth-order valence-corrected chi connectivity index (χ4v) is 3.23. The first kappa shape index (κ1) is 29.1. The molecule has 0 aliphatic rings. The van der Waals surface area contributed by atoms with Gasteiger partial charge in [0.1, 0.15) is 18.1 Å². The van der Waals surface area contributed by atoms with E-state index in [1.807, 2.05) is 13.2 Å². The van der Waals surface area contributed by atoms with Crippen LogP contribution >= 0.6 is 11.8 Å². The van der Waals surface area contributed by atoms with Gasteiger partial charge in [0.15, 0.2) is 0 Å². The molecule has 0 fully saturated rings. The van der Waals surface area contributed by atoms with Crippen molar-refractivity contribution in [2.45, 2.75) is 77.7 Å². The van der Waals surface area contributed by atoms with Crippen LogP contribution < -0.4 is 21.7 Å². The first-order valence-corrected chi connectivity index (χ1v) is 11.8. The van der Waals surface area contributed by atoms with Gasteiger partial charge in [-0.05, 0) is 37.2 Å². The number of aliphatic carboxylic acids is 1. The van der Waals surface area contributed by atoms with E-state index in [9.17, 15) is 29.4 Å². The number of aliphatic hydroxyl groups is 1. The van der Waals surface area contributed by atoms with Crippen LogP contribution in [-0.2, 0) is 19.2 Å². The zero-order valence-corrected chi connectivity index (χ0v) is 20.0. The van der Waals surface area contributed by atoms with Crippen molar-refractivity contribution in [3.63, 3.8) is 0 Å². The molecule has 31 heavy (non-hydrogen) atoms. The van der Waals surface area contributed by atoms with Gasteiger partial charge in [0.25, 0.3) is 0 Å². The SMILES string of the molecule is CCC(C)C(NC(=O)C(NC(=O)C(N)CCSC)C(C)O)C(=O)NC(C(=O)O)C(C)C. The van der Waals surface area contributed by atoms with Gasteiger partial charge < -0.3 is 31.9 Å². The molecule has 6 unspecified atom stereocenters. The van der Waals surface area contributed by atoms with Gasteiger partial charge in [0.05, 0.1) is 12.1 Å². The lowest BCUT2D eigenvalue weighted by Gasteiger charge is -2.29. The zero-order chi connectivity index (χ0) is 24.3. The lowest BCUT2D eigenvalue weighted by atomic mass is 9.96. The normalized spacial score (nSPS) is 17.1. The summed E-state index contributed by atoms with van der Waals surface area (Å²) < 4.78 is 0. The highest BCUT2D eigenvalue weighted by Crippen LogP contribution is 2.11. The molecule has 0 aromatic carbocycles. The molecule has 7 N–H and O–H groups in total. The van der Waals surface area contributed by atoms with Gasteiger partial charge in [-0.2, -0.15) is 11.8 Å². The van der Waals surface area contributed by atoms with E-state index in [2.05, 4.69) is 16.0 Å². The molecule has 0 aliphatic heterocycles. The number of thioether (sulfide) groups is 1. The predicted molar refractivity (Wildman–Crippen MR) is 120 cm³/mol. The number of hydrogen-bond acceptors (Lipinski definition) is 7. The smallest absolute Gasteiger partial charge is 0.326 e. The van der Waals surface area contributed by atoms with Crippen molar-refractivity contribution < 1.29 is 29.4 Å². The maximum Gasteiger partial charge on any atom is 0.326 e. The molecule has 3 amide bonds. The highest BCUT2D eigenvalue weighted by molar-refractivity contribution is 7.98. The number of amides is 3. The molecule has 0 saturated heterocycles. The summed E-state index contributed by atoms with van der Waals surface area (Å²) in [5, 5.41) is 26.8. The van der Waals surface area contributed by atoms with Crippen LogP contribution in [0.2, 0.25) is 0 Å². The van der Waals surface area contributed by atoms with Gasteiger partial charge >= 0.3 is 5.97 Å². The molecule has 11 heteroatoms. The van der Waals surface area contributed by atoms with Crippen LogP contribution in [-0.4, -0.2) is 76.2 Å².